The maximum Gasteiger partial charge on any atom is 0.188 e. The summed E-state index contributed by atoms with van der Waals surface area (Å²) in [7, 11) is 0. The van der Waals surface area contributed by atoms with Crippen molar-refractivity contribution in [3.8, 4) is 5.75 Å². The number of nitrogens with one attached hydrogen (secondary N) is 1. The second kappa shape index (κ2) is 4.88. The molecule has 1 aliphatic carbocycles. The predicted molar refractivity (Wildman–Crippen MR) is 71.9 cm³/mol. The number of hydrogen-bond donors (Lipinski definition) is 2. The molecule has 0 aromatic heterocycles. The van der Waals surface area contributed by atoms with E-state index in [1.165, 1.54) is 24.8 Å². The van der Waals surface area contributed by atoms with Gasteiger partial charge in [-0.2, -0.15) is 0 Å². The SMILES string of the molecule is NC(=NCC1COc2ccccc21)NC1CCC1. The molecule has 4 heteroatoms. The summed E-state index contributed by atoms with van der Waals surface area (Å²) in [6.45, 7) is 1.40. The first kappa shape index (κ1) is 11.4. The second-order valence-electron chi connectivity index (χ2n) is 5.04. The van der Waals surface area contributed by atoms with Gasteiger partial charge in [-0.25, -0.2) is 0 Å². The fourth-order valence-electron chi connectivity index (χ4n) is 2.40. The van der Waals surface area contributed by atoms with Crippen LogP contribution in [0.2, 0.25) is 0 Å². The molecule has 3 N–H and O–H groups in total. The number of rotatable bonds is 3. The predicted octanol–water partition coefficient (Wildman–Crippen LogP) is 1.62. The van der Waals surface area contributed by atoms with E-state index in [1.54, 1.807) is 0 Å². The minimum atomic E-state index is 0.336. The van der Waals surface area contributed by atoms with Crippen molar-refractivity contribution in [2.75, 3.05) is 13.2 Å². The summed E-state index contributed by atoms with van der Waals surface area (Å²) in [6.07, 6.45) is 3.73. The zero-order chi connectivity index (χ0) is 12.4. The molecule has 1 aliphatic heterocycles. The number of hydrogen-bond acceptors (Lipinski definition) is 2. The summed E-state index contributed by atoms with van der Waals surface area (Å²) in [6, 6.07) is 8.70. The smallest absolute Gasteiger partial charge is 0.188 e. The van der Waals surface area contributed by atoms with E-state index in [0.717, 1.165) is 5.75 Å². The number of guanidine groups is 1. The van der Waals surface area contributed by atoms with Crippen LogP contribution in [0.15, 0.2) is 29.3 Å². The number of nitrogens with zero attached hydrogens (tertiary/aromatic N) is 1. The molecule has 0 bridgehead atoms. The van der Waals surface area contributed by atoms with Crippen molar-refractivity contribution in [2.24, 2.45) is 10.7 Å². The van der Waals surface area contributed by atoms with Gasteiger partial charge in [0.05, 0.1) is 13.2 Å². The van der Waals surface area contributed by atoms with E-state index in [0.29, 0.717) is 31.1 Å². The molecule has 1 unspecified atom stereocenters. The van der Waals surface area contributed by atoms with E-state index in [2.05, 4.69) is 16.4 Å². The lowest BCUT2D eigenvalue weighted by atomic mass is 9.93. The molecule has 96 valence electrons. The van der Waals surface area contributed by atoms with Gasteiger partial charge in [-0.15, -0.1) is 0 Å². The maximum atomic E-state index is 5.88. The van der Waals surface area contributed by atoms with Gasteiger partial charge in [0.15, 0.2) is 5.96 Å². The maximum absolute atomic E-state index is 5.88. The van der Waals surface area contributed by atoms with E-state index in [1.807, 2.05) is 18.2 Å². The van der Waals surface area contributed by atoms with Crippen molar-refractivity contribution < 1.29 is 4.74 Å². The Morgan fingerprint density at radius 2 is 2.22 bits per heavy atom. The third-order valence-corrected chi connectivity index (χ3v) is 3.74. The van der Waals surface area contributed by atoms with Gasteiger partial charge in [0.25, 0.3) is 0 Å². The largest absolute Gasteiger partial charge is 0.493 e. The number of benzene rings is 1. The van der Waals surface area contributed by atoms with E-state index in [-0.39, 0.29) is 0 Å². The van der Waals surface area contributed by atoms with Crippen molar-refractivity contribution in [1.29, 1.82) is 0 Å². The molecule has 0 radical (unpaired) electrons. The molecule has 1 heterocycles. The Bertz CT molecular complexity index is 454. The minimum absolute atomic E-state index is 0.336. The molecule has 3 rings (SSSR count). The quantitative estimate of drug-likeness (QED) is 0.628. The molecule has 2 aliphatic rings. The van der Waals surface area contributed by atoms with Crippen LogP contribution < -0.4 is 15.8 Å². The van der Waals surface area contributed by atoms with Crippen molar-refractivity contribution >= 4 is 5.96 Å². The second-order valence-corrected chi connectivity index (χ2v) is 5.04. The number of para-hydroxylation sites is 1. The van der Waals surface area contributed by atoms with E-state index < -0.39 is 0 Å². The molecular weight excluding hydrogens is 226 g/mol. The van der Waals surface area contributed by atoms with Gasteiger partial charge in [0.1, 0.15) is 5.75 Å². The Morgan fingerprint density at radius 3 is 3.00 bits per heavy atom. The van der Waals surface area contributed by atoms with Crippen LogP contribution in [0.1, 0.15) is 30.7 Å². The molecule has 0 amide bonds. The highest BCUT2D eigenvalue weighted by Gasteiger charge is 2.23. The molecule has 0 spiro atoms. The highest BCUT2D eigenvalue weighted by Crippen LogP contribution is 2.33. The molecular formula is C14H19N3O. The number of aliphatic imine (C=N–C) groups is 1. The van der Waals surface area contributed by atoms with Gasteiger partial charge in [-0.1, -0.05) is 18.2 Å². The van der Waals surface area contributed by atoms with Crippen LogP contribution in [0.5, 0.6) is 5.75 Å². The number of ether oxygens (including phenoxy) is 1. The summed E-state index contributed by atoms with van der Waals surface area (Å²) in [5.41, 5.74) is 7.13. The zero-order valence-electron chi connectivity index (χ0n) is 10.4. The Balaban J connectivity index is 1.58. The van der Waals surface area contributed by atoms with Gasteiger partial charge < -0.3 is 15.8 Å². The molecule has 1 atom stereocenters. The Hall–Kier alpha value is -1.71. The van der Waals surface area contributed by atoms with Crippen molar-refractivity contribution in [2.45, 2.75) is 31.2 Å². The van der Waals surface area contributed by atoms with Gasteiger partial charge in [-0.05, 0) is 25.3 Å². The highest BCUT2D eigenvalue weighted by molar-refractivity contribution is 5.78. The lowest BCUT2D eigenvalue weighted by Crippen LogP contribution is -2.43. The monoisotopic (exact) mass is 245 g/mol. The average molecular weight is 245 g/mol. The van der Waals surface area contributed by atoms with E-state index in [9.17, 15) is 0 Å². The first-order valence-electron chi connectivity index (χ1n) is 6.61. The molecule has 1 saturated carbocycles. The van der Waals surface area contributed by atoms with Crippen molar-refractivity contribution in [3.05, 3.63) is 29.8 Å². The van der Waals surface area contributed by atoms with Crippen LogP contribution in [0.25, 0.3) is 0 Å². The standard InChI is InChI=1S/C14H19N3O/c15-14(17-11-4-3-5-11)16-8-10-9-18-13-7-2-1-6-12(10)13/h1-2,6-7,10-11H,3-5,8-9H2,(H3,15,16,17). The highest BCUT2D eigenvalue weighted by atomic mass is 16.5. The van der Waals surface area contributed by atoms with E-state index >= 15 is 0 Å². The molecule has 4 nitrogen and oxygen atoms in total. The fraction of sp³-hybridized carbons (Fsp3) is 0.500. The van der Waals surface area contributed by atoms with Crippen LogP contribution in [0.4, 0.5) is 0 Å². The molecule has 1 fully saturated rings. The first-order chi connectivity index (χ1) is 8.83. The normalized spacial score (nSPS) is 23.1. The number of fused-ring (bicyclic) bond motifs is 1. The van der Waals surface area contributed by atoms with Crippen LogP contribution in [-0.2, 0) is 0 Å². The summed E-state index contributed by atoms with van der Waals surface area (Å²) < 4.78 is 5.63. The van der Waals surface area contributed by atoms with Gasteiger partial charge in [0, 0.05) is 17.5 Å². The Labute approximate surface area is 107 Å². The van der Waals surface area contributed by atoms with Crippen LogP contribution in [0, 0.1) is 0 Å². The van der Waals surface area contributed by atoms with Crippen molar-refractivity contribution in [1.82, 2.24) is 5.32 Å². The summed E-state index contributed by atoms with van der Waals surface area (Å²) in [4.78, 5) is 4.43. The van der Waals surface area contributed by atoms with Gasteiger partial charge >= 0.3 is 0 Å². The van der Waals surface area contributed by atoms with E-state index in [4.69, 9.17) is 10.5 Å². The average Bonchev–Trinajstić information content (AvgIpc) is 2.75. The van der Waals surface area contributed by atoms with Crippen LogP contribution in [0.3, 0.4) is 0 Å². The van der Waals surface area contributed by atoms with Crippen LogP contribution in [-0.4, -0.2) is 25.2 Å². The lowest BCUT2D eigenvalue weighted by molar-refractivity contribution is 0.332. The fourth-order valence-corrected chi connectivity index (χ4v) is 2.40. The third kappa shape index (κ3) is 2.28. The summed E-state index contributed by atoms with van der Waals surface area (Å²) in [5, 5.41) is 3.25. The Morgan fingerprint density at radius 1 is 1.39 bits per heavy atom. The molecule has 1 aromatic carbocycles. The summed E-state index contributed by atoms with van der Waals surface area (Å²) in [5.74, 6) is 1.90. The molecule has 18 heavy (non-hydrogen) atoms. The number of nitrogens with two attached hydrogens (primary N) is 1. The molecule has 1 aromatic rings. The third-order valence-electron chi connectivity index (χ3n) is 3.74. The van der Waals surface area contributed by atoms with Crippen molar-refractivity contribution in [3.63, 3.8) is 0 Å². The summed E-state index contributed by atoms with van der Waals surface area (Å²) >= 11 is 0. The molecule has 0 saturated heterocycles. The van der Waals surface area contributed by atoms with Gasteiger partial charge in [-0.3, -0.25) is 4.99 Å². The zero-order valence-corrected chi connectivity index (χ0v) is 10.4. The first-order valence-corrected chi connectivity index (χ1v) is 6.61. The lowest BCUT2D eigenvalue weighted by Gasteiger charge is -2.26. The van der Waals surface area contributed by atoms with Crippen LogP contribution >= 0.6 is 0 Å². The minimum Gasteiger partial charge on any atom is -0.493 e. The topological polar surface area (TPSA) is 59.6 Å². The Kier molecular flexibility index (Phi) is 3.09. The van der Waals surface area contributed by atoms with Gasteiger partial charge in [0.2, 0.25) is 0 Å².